The van der Waals surface area contributed by atoms with Crippen LogP contribution in [0.15, 0.2) is 65.3 Å². The summed E-state index contributed by atoms with van der Waals surface area (Å²) in [4.78, 5) is 29.5. The number of amides is 2. The Morgan fingerprint density at radius 1 is 1.14 bits per heavy atom. The van der Waals surface area contributed by atoms with Gasteiger partial charge in [-0.25, -0.2) is 4.39 Å². The van der Waals surface area contributed by atoms with Crippen LogP contribution in [0.3, 0.4) is 0 Å². The SMILES string of the molecule is C/N=C(/C)C1=CNC(=O)C[C@@H](NC(=O)c2ccc(C)cc2)[C@H]1c1ccc(F)cc1. The number of halogens is 1. The Kier molecular flexibility index (Phi) is 6.22. The number of benzene rings is 2. The second-order valence-corrected chi connectivity index (χ2v) is 7.16. The third-order valence-electron chi connectivity index (χ3n) is 5.14. The Morgan fingerprint density at radius 3 is 2.41 bits per heavy atom. The first-order valence-corrected chi connectivity index (χ1v) is 9.45. The Labute approximate surface area is 169 Å². The number of aliphatic imine (C=N–C) groups is 1. The van der Waals surface area contributed by atoms with E-state index >= 15 is 0 Å². The molecule has 1 aliphatic heterocycles. The molecule has 3 rings (SSSR count). The molecular weight excluding hydrogens is 369 g/mol. The number of carbonyl (C=O) groups excluding carboxylic acids is 2. The molecule has 0 radical (unpaired) electrons. The molecule has 2 atom stereocenters. The molecule has 29 heavy (non-hydrogen) atoms. The summed E-state index contributed by atoms with van der Waals surface area (Å²) >= 11 is 0. The molecule has 0 aromatic heterocycles. The highest BCUT2D eigenvalue weighted by Crippen LogP contribution is 2.32. The predicted octanol–water partition coefficient (Wildman–Crippen LogP) is 3.51. The molecule has 2 amide bonds. The van der Waals surface area contributed by atoms with Gasteiger partial charge >= 0.3 is 0 Å². The van der Waals surface area contributed by atoms with Crippen molar-refractivity contribution in [1.82, 2.24) is 10.6 Å². The topological polar surface area (TPSA) is 70.6 Å². The van der Waals surface area contributed by atoms with Crippen molar-refractivity contribution in [3.05, 3.63) is 82.8 Å². The minimum absolute atomic E-state index is 0.0939. The summed E-state index contributed by atoms with van der Waals surface area (Å²) < 4.78 is 13.5. The van der Waals surface area contributed by atoms with Crippen LogP contribution in [0.2, 0.25) is 0 Å². The molecule has 0 saturated carbocycles. The van der Waals surface area contributed by atoms with E-state index < -0.39 is 6.04 Å². The first-order valence-electron chi connectivity index (χ1n) is 9.45. The molecule has 0 aliphatic carbocycles. The molecule has 2 aromatic carbocycles. The second-order valence-electron chi connectivity index (χ2n) is 7.16. The fraction of sp³-hybridized carbons (Fsp3) is 0.261. The molecule has 2 aromatic rings. The van der Waals surface area contributed by atoms with Crippen molar-refractivity contribution in [3.63, 3.8) is 0 Å². The minimum Gasteiger partial charge on any atom is -0.348 e. The molecule has 150 valence electrons. The van der Waals surface area contributed by atoms with Crippen LogP contribution < -0.4 is 10.6 Å². The standard InChI is InChI=1S/C23H24FN3O2/c1-14-4-6-17(7-5-14)23(29)27-20-12-21(28)26-13-19(15(2)25-3)22(20)16-8-10-18(24)11-9-16/h4-11,13,20,22H,12H2,1-3H3,(H,26,28)(H,27,29)/b25-15-/t20-,22+/m1/s1. The van der Waals surface area contributed by atoms with Gasteiger partial charge in [-0.1, -0.05) is 29.8 Å². The smallest absolute Gasteiger partial charge is 0.251 e. The molecular formula is C23H24FN3O2. The van der Waals surface area contributed by atoms with Gasteiger partial charge in [-0.2, -0.15) is 0 Å². The van der Waals surface area contributed by atoms with Gasteiger partial charge in [0.15, 0.2) is 0 Å². The molecule has 2 N–H and O–H groups in total. The normalized spacial score (nSPS) is 19.8. The molecule has 0 spiro atoms. The molecule has 0 bridgehead atoms. The fourth-order valence-electron chi connectivity index (χ4n) is 3.47. The van der Waals surface area contributed by atoms with Gasteiger partial charge in [-0.15, -0.1) is 0 Å². The van der Waals surface area contributed by atoms with Crippen molar-refractivity contribution < 1.29 is 14.0 Å². The van der Waals surface area contributed by atoms with Crippen molar-refractivity contribution in [3.8, 4) is 0 Å². The number of nitrogens with zero attached hydrogens (tertiary/aromatic N) is 1. The molecule has 0 unspecified atom stereocenters. The molecule has 1 heterocycles. The van der Waals surface area contributed by atoms with E-state index in [1.54, 1.807) is 37.5 Å². The summed E-state index contributed by atoms with van der Waals surface area (Å²) in [6, 6.07) is 12.8. The number of hydrogen-bond acceptors (Lipinski definition) is 3. The Morgan fingerprint density at radius 2 is 1.79 bits per heavy atom. The van der Waals surface area contributed by atoms with Gasteiger partial charge in [-0.3, -0.25) is 14.6 Å². The van der Waals surface area contributed by atoms with E-state index in [0.29, 0.717) is 5.56 Å². The summed E-state index contributed by atoms with van der Waals surface area (Å²) in [6.07, 6.45) is 1.73. The Balaban J connectivity index is 2.01. The maximum absolute atomic E-state index is 13.5. The van der Waals surface area contributed by atoms with Crippen LogP contribution >= 0.6 is 0 Å². The van der Waals surface area contributed by atoms with Crippen LogP contribution in [0.1, 0.15) is 40.7 Å². The van der Waals surface area contributed by atoms with E-state index in [1.807, 2.05) is 26.0 Å². The fourth-order valence-corrected chi connectivity index (χ4v) is 3.47. The van der Waals surface area contributed by atoms with Crippen molar-refractivity contribution >= 4 is 17.5 Å². The monoisotopic (exact) mass is 393 g/mol. The van der Waals surface area contributed by atoms with Crippen LogP contribution in [-0.2, 0) is 4.79 Å². The summed E-state index contributed by atoms with van der Waals surface area (Å²) in [6.45, 7) is 3.80. The summed E-state index contributed by atoms with van der Waals surface area (Å²) in [5.41, 5.74) is 3.88. The highest BCUT2D eigenvalue weighted by Gasteiger charge is 2.33. The zero-order chi connectivity index (χ0) is 21.0. The van der Waals surface area contributed by atoms with Gasteiger partial charge in [0.25, 0.3) is 5.91 Å². The average Bonchev–Trinajstić information content (AvgIpc) is 2.87. The third kappa shape index (κ3) is 4.77. The maximum atomic E-state index is 13.5. The molecule has 1 aliphatic rings. The Bertz CT molecular complexity index is 963. The number of nitrogens with one attached hydrogen (secondary N) is 2. The molecule has 6 heteroatoms. The predicted molar refractivity (Wildman–Crippen MR) is 111 cm³/mol. The van der Waals surface area contributed by atoms with E-state index in [0.717, 1.165) is 22.4 Å². The second kappa shape index (κ2) is 8.82. The van der Waals surface area contributed by atoms with E-state index in [2.05, 4.69) is 15.6 Å². The number of hydrogen-bond donors (Lipinski definition) is 2. The number of carbonyl (C=O) groups is 2. The van der Waals surface area contributed by atoms with E-state index in [4.69, 9.17) is 0 Å². The summed E-state index contributed by atoms with van der Waals surface area (Å²) in [5, 5.41) is 5.77. The van der Waals surface area contributed by atoms with Crippen LogP contribution in [0.25, 0.3) is 0 Å². The molecule has 0 fully saturated rings. The summed E-state index contributed by atoms with van der Waals surface area (Å²) in [7, 11) is 1.67. The lowest BCUT2D eigenvalue weighted by atomic mass is 9.82. The lowest BCUT2D eigenvalue weighted by molar-refractivity contribution is -0.120. The molecule has 5 nitrogen and oxygen atoms in total. The van der Waals surface area contributed by atoms with Crippen LogP contribution in [0.5, 0.6) is 0 Å². The van der Waals surface area contributed by atoms with Crippen LogP contribution in [0.4, 0.5) is 4.39 Å². The highest BCUT2D eigenvalue weighted by molar-refractivity contribution is 6.01. The Hall–Kier alpha value is -3.28. The molecule has 0 saturated heterocycles. The quantitative estimate of drug-likeness (QED) is 0.781. The maximum Gasteiger partial charge on any atom is 0.251 e. The zero-order valence-electron chi connectivity index (χ0n) is 16.7. The first-order chi connectivity index (χ1) is 13.9. The third-order valence-corrected chi connectivity index (χ3v) is 5.14. The lowest BCUT2D eigenvalue weighted by Gasteiger charge is -2.28. The van der Waals surface area contributed by atoms with Gasteiger partial charge in [0, 0.05) is 42.9 Å². The van der Waals surface area contributed by atoms with E-state index in [9.17, 15) is 14.0 Å². The number of rotatable bonds is 4. The van der Waals surface area contributed by atoms with E-state index in [1.165, 1.54) is 12.1 Å². The lowest BCUT2D eigenvalue weighted by Crippen LogP contribution is -2.42. The van der Waals surface area contributed by atoms with E-state index in [-0.39, 0.29) is 30.0 Å². The number of aryl methyl sites for hydroxylation is 1. The minimum atomic E-state index is -0.514. The van der Waals surface area contributed by atoms with Crippen molar-refractivity contribution in [2.45, 2.75) is 32.2 Å². The van der Waals surface area contributed by atoms with Crippen LogP contribution in [-0.4, -0.2) is 30.6 Å². The van der Waals surface area contributed by atoms with Gasteiger partial charge in [0.05, 0.1) is 0 Å². The van der Waals surface area contributed by atoms with Crippen molar-refractivity contribution in [2.75, 3.05) is 7.05 Å². The zero-order valence-corrected chi connectivity index (χ0v) is 16.7. The van der Waals surface area contributed by atoms with Gasteiger partial charge < -0.3 is 10.6 Å². The average molecular weight is 393 g/mol. The largest absolute Gasteiger partial charge is 0.348 e. The van der Waals surface area contributed by atoms with Gasteiger partial charge in [-0.05, 0) is 49.2 Å². The highest BCUT2D eigenvalue weighted by atomic mass is 19.1. The van der Waals surface area contributed by atoms with Gasteiger partial charge in [0.2, 0.25) is 5.91 Å². The summed E-state index contributed by atoms with van der Waals surface area (Å²) in [5.74, 6) is -1.16. The van der Waals surface area contributed by atoms with Crippen LogP contribution in [0, 0.1) is 12.7 Å². The van der Waals surface area contributed by atoms with Gasteiger partial charge in [0.1, 0.15) is 5.82 Å². The van der Waals surface area contributed by atoms with Crippen molar-refractivity contribution in [2.24, 2.45) is 4.99 Å². The first kappa shape index (κ1) is 20.5. The van der Waals surface area contributed by atoms with Crippen molar-refractivity contribution in [1.29, 1.82) is 0 Å².